The molecule has 0 aliphatic carbocycles. The summed E-state index contributed by atoms with van der Waals surface area (Å²) in [5, 5.41) is 5.27. The van der Waals surface area contributed by atoms with E-state index in [1.165, 1.54) is 12.4 Å². The molecule has 2 N–H and O–H groups in total. The first-order valence-corrected chi connectivity index (χ1v) is 10.5. The molecule has 2 heterocycles. The second kappa shape index (κ2) is 9.02. The first-order chi connectivity index (χ1) is 15.0. The second-order valence-electron chi connectivity index (χ2n) is 9.25. The number of anilines is 1. The Hall–Kier alpha value is -3.36. The number of carbonyl (C=O) groups excluding carboxylic acids is 2. The number of rotatable bonds is 6. The first kappa shape index (κ1) is 23.3. The highest BCUT2D eigenvalue weighted by molar-refractivity contribution is 5.96. The van der Waals surface area contributed by atoms with Crippen molar-refractivity contribution >= 4 is 17.7 Å². The Morgan fingerprint density at radius 2 is 1.91 bits per heavy atom. The predicted molar refractivity (Wildman–Crippen MR) is 119 cm³/mol. The van der Waals surface area contributed by atoms with Gasteiger partial charge >= 0.3 is 12.1 Å². The van der Waals surface area contributed by atoms with E-state index in [9.17, 15) is 9.59 Å². The van der Waals surface area contributed by atoms with E-state index >= 15 is 0 Å². The molecular weight excluding hydrogens is 412 g/mol. The lowest BCUT2D eigenvalue weighted by molar-refractivity contribution is -0.118. The Bertz CT molecular complexity index is 983. The van der Waals surface area contributed by atoms with Crippen molar-refractivity contribution in [2.45, 2.75) is 65.0 Å². The molecule has 9 heteroatoms. The van der Waals surface area contributed by atoms with Crippen molar-refractivity contribution in [2.75, 3.05) is 11.9 Å². The summed E-state index contributed by atoms with van der Waals surface area (Å²) >= 11 is 0. The molecule has 0 spiro atoms. The Labute approximate surface area is 187 Å². The molecule has 0 bridgehead atoms. The number of ether oxygens (including phenoxy) is 3. The highest BCUT2D eigenvalue weighted by atomic mass is 16.6. The summed E-state index contributed by atoms with van der Waals surface area (Å²) in [6.07, 6.45) is 2.64. The third-order valence-corrected chi connectivity index (χ3v) is 4.77. The van der Waals surface area contributed by atoms with E-state index in [1.807, 2.05) is 18.2 Å². The number of nitrogens with zero attached hydrogens (tertiary/aromatic N) is 2. The van der Waals surface area contributed by atoms with Crippen LogP contribution in [0.15, 0.2) is 30.6 Å². The van der Waals surface area contributed by atoms with Crippen molar-refractivity contribution in [3.05, 3.63) is 36.2 Å². The van der Waals surface area contributed by atoms with Crippen LogP contribution in [0.4, 0.5) is 10.5 Å². The predicted octanol–water partition coefficient (Wildman–Crippen LogP) is 4.18. The summed E-state index contributed by atoms with van der Waals surface area (Å²) in [5.74, 6) is 1.03. The van der Waals surface area contributed by atoms with Crippen LogP contribution >= 0.6 is 0 Å². The van der Waals surface area contributed by atoms with Gasteiger partial charge in [-0.15, -0.1) is 0 Å². The highest BCUT2D eigenvalue weighted by Crippen LogP contribution is 2.44. The van der Waals surface area contributed by atoms with Crippen LogP contribution in [0.5, 0.6) is 17.5 Å². The molecule has 0 fully saturated rings. The van der Waals surface area contributed by atoms with Gasteiger partial charge in [-0.05, 0) is 39.3 Å². The number of aromatic nitrogens is 2. The van der Waals surface area contributed by atoms with Gasteiger partial charge in [0, 0.05) is 11.0 Å². The zero-order chi connectivity index (χ0) is 23.5. The zero-order valence-electron chi connectivity index (χ0n) is 19.3. The van der Waals surface area contributed by atoms with Crippen molar-refractivity contribution < 1.29 is 23.8 Å². The van der Waals surface area contributed by atoms with E-state index < -0.39 is 23.6 Å². The van der Waals surface area contributed by atoms with Crippen LogP contribution in [0.25, 0.3) is 0 Å². The van der Waals surface area contributed by atoms with E-state index in [0.29, 0.717) is 24.5 Å². The minimum absolute atomic E-state index is 0.151. The lowest BCUT2D eigenvalue weighted by Gasteiger charge is -2.22. The van der Waals surface area contributed by atoms with Gasteiger partial charge in [0.15, 0.2) is 0 Å². The average molecular weight is 443 g/mol. The standard InChI is InChI=1S/C23H30N4O5/c1-7-15(27-21(29)32-22(2,3)4)19(28)26-14-11-24-20(25-12-14)31-17-10-8-9-16-18(17)23(5,6)13-30-16/h8-12,15H,7,13H2,1-6H3,(H,26,28)(H,27,29)/t15-/m1/s1. The Kier molecular flexibility index (Phi) is 6.57. The molecule has 0 saturated heterocycles. The number of hydrogen-bond donors (Lipinski definition) is 2. The fourth-order valence-electron chi connectivity index (χ4n) is 3.28. The Balaban J connectivity index is 1.63. The maximum atomic E-state index is 12.5. The lowest BCUT2D eigenvalue weighted by Crippen LogP contribution is -2.45. The fraction of sp³-hybridized carbons (Fsp3) is 0.478. The number of carbonyl (C=O) groups is 2. The van der Waals surface area contributed by atoms with E-state index in [0.717, 1.165) is 11.3 Å². The lowest BCUT2D eigenvalue weighted by atomic mass is 9.86. The van der Waals surface area contributed by atoms with Crippen LogP contribution in [0, 0.1) is 0 Å². The minimum atomic E-state index is -0.755. The summed E-state index contributed by atoms with van der Waals surface area (Å²) in [6, 6.07) is 5.01. The molecule has 1 atom stereocenters. The zero-order valence-corrected chi connectivity index (χ0v) is 19.3. The van der Waals surface area contributed by atoms with Crippen molar-refractivity contribution in [3.8, 4) is 17.5 Å². The van der Waals surface area contributed by atoms with E-state index in [-0.39, 0.29) is 11.4 Å². The number of fused-ring (bicyclic) bond motifs is 1. The first-order valence-electron chi connectivity index (χ1n) is 10.5. The van der Waals surface area contributed by atoms with Gasteiger partial charge in [0.25, 0.3) is 0 Å². The Morgan fingerprint density at radius 3 is 2.53 bits per heavy atom. The molecule has 1 aliphatic heterocycles. The van der Waals surface area contributed by atoms with Crippen molar-refractivity contribution in [3.63, 3.8) is 0 Å². The molecule has 32 heavy (non-hydrogen) atoms. The molecule has 1 aromatic carbocycles. The topological polar surface area (TPSA) is 112 Å². The largest absolute Gasteiger partial charge is 0.492 e. The number of alkyl carbamates (subject to hydrolysis) is 1. The maximum absolute atomic E-state index is 12.5. The van der Waals surface area contributed by atoms with E-state index in [2.05, 4.69) is 34.4 Å². The molecule has 1 aliphatic rings. The van der Waals surface area contributed by atoms with Gasteiger partial charge in [-0.25, -0.2) is 14.8 Å². The molecule has 0 unspecified atom stereocenters. The summed E-state index contributed by atoms with van der Waals surface area (Å²) < 4.78 is 16.8. The third-order valence-electron chi connectivity index (χ3n) is 4.77. The molecular formula is C23H30N4O5. The summed E-state index contributed by atoms with van der Waals surface area (Å²) in [7, 11) is 0. The summed E-state index contributed by atoms with van der Waals surface area (Å²) in [5.41, 5.74) is 0.521. The van der Waals surface area contributed by atoms with Gasteiger partial charge < -0.3 is 24.8 Å². The molecule has 3 rings (SSSR count). The summed E-state index contributed by atoms with van der Waals surface area (Å²) in [4.78, 5) is 32.9. The van der Waals surface area contributed by atoms with Gasteiger partial charge in [0.2, 0.25) is 5.91 Å². The van der Waals surface area contributed by atoms with Crippen LogP contribution in [0.2, 0.25) is 0 Å². The molecule has 1 aromatic heterocycles. The second-order valence-corrected chi connectivity index (χ2v) is 9.25. The number of hydrogen-bond acceptors (Lipinski definition) is 7. The smallest absolute Gasteiger partial charge is 0.408 e. The molecule has 0 radical (unpaired) electrons. The van der Waals surface area contributed by atoms with Gasteiger partial charge in [0.05, 0.1) is 24.7 Å². The van der Waals surface area contributed by atoms with Gasteiger partial charge in [0.1, 0.15) is 23.1 Å². The van der Waals surface area contributed by atoms with Crippen LogP contribution in [-0.2, 0) is 14.9 Å². The number of amides is 2. The normalized spacial score (nSPS) is 15.2. The van der Waals surface area contributed by atoms with Gasteiger partial charge in [-0.3, -0.25) is 4.79 Å². The minimum Gasteiger partial charge on any atom is -0.492 e. The van der Waals surface area contributed by atoms with Gasteiger partial charge in [-0.1, -0.05) is 26.8 Å². The van der Waals surface area contributed by atoms with Crippen LogP contribution < -0.4 is 20.1 Å². The SMILES string of the molecule is CC[C@@H](NC(=O)OC(C)(C)C)C(=O)Nc1cnc(Oc2cccc3c2C(C)(C)CO3)nc1. The quantitative estimate of drug-likeness (QED) is 0.690. The fourth-order valence-corrected chi connectivity index (χ4v) is 3.28. The van der Waals surface area contributed by atoms with Crippen LogP contribution in [0.3, 0.4) is 0 Å². The highest BCUT2D eigenvalue weighted by Gasteiger charge is 2.35. The van der Waals surface area contributed by atoms with Crippen molar-refractivity contribution in [1.29, 1.82) is 0 Å². The maximum Gasteiger partial charge on any atom is 0.408 e. The Morgan fingerprint density at radius 1 is 1.22 bits per heavy atom. The van der Waals surface area contributed by atoms with Crippen molar-refractivity contribution in [2.24, 2.45) is 0 Å². The monoisotopic (exact) mass is 442 g/mol. The average Bonchev–Trinajstić information content (AvgIpc) is 3.02. The van der Waals surface area contributed by atoms with E-state index in [4.69, 9.17) is 14.2 Å². The molecule has 2 amide bonds. The molecule has 9 nitrogen and oxygen atoms in total. The van der Waals surface area contributed by atoms with Crippen LogP contribution in [0.1, 0.15) is 53.5 Å². The van der Waals surface area contributed by atoms with E-state index in [1.54, 1.807) is 27.7 Å². The third kappa shape index (κ3) is 5.66. The summed E-state index contributed by atoms with van der Waals surface area (Å²) in [6.45, 7) is 11.8. The van der Waals surface area contributed by atoms with Crippen molar-refractivity contribution in [1.82, 2.24) is 15.3 Å². The molecule has 2 aromatic rings. The van der Waals surface area contributed by atoms with Crippen LogP contribution in [-0.4, -0.2) is 40.2 Å². The number of benzene rings is 1. The molecule has 0 saturated carbocycles. The van der Waals surface area contributed by atoms with Gasteiger partial charge in [-0.2, -0.15) is 0 Å². The number of nitrogens with one attached hydrogen (secondary N) is 2. The molecule has 172 valence electrons.